The number of anilines is 1. The molecule has 1 aromatic carbocycles. The summed E-state index contributed by atoms with van der Waals surface area (Å²) in [5.74, 6) is 1.40. The number of rotatable bonds is 9. The third-order valence-electron chi connectivity index (χ3n) is 5.09. The van der Waals surface area contributed by atoms with E-state index in [-0.39, 0.29) is 5.82 Å². The van der Waals surface area contributed by atoms with Crippen molar-refractivity contribution in [3.8, 4) is 0 Å². The first kappa shape index (κ1) is 20.9. The molecule has 7 heteroatoms. The maximum absolute atomic E-state index is 14.6. The highest BCUT2D eigenvalue weighted by Gasteiger charge is 2.21. The Balaban J connectivity index is 1.54. The predicted molar refractivity (Wildman–Crippen MR) is 110 cm³/mol. The van der Waals surface area contributed by atoms with Crippen LogP contribution in [0.15, 0.2) is 23.2 Å². The number of halogens is 1. The van der Waals surface area contributed by atoms with Crippen LogP contribution in [0.5, 0.6) is 0 Å². The van der Waals surface area contributed by atoms with E-state index in [0.717, 1.165) is 50.2 Å². The molecule has 1 N–H and O–H groups in total. The van der Waals surface area contributed by atoms with Crippen molar-refractivity contribution in [3.63, 3.8) is 0 Å². The molecule has 2 fully saturated rings. The Morgan fingerprint density at radius 1 is 1.36 bits per heavy atom. The average molecular weight is 393 g/mol. The van der Waals surface area contributed by atoms with E-state index in [0.29, 0.717) is 32.1 Å². The van der Waals surface area contributed by atoms with Gasteiger partial charge < -0.3 is 24.6 Å². The molecule has 0 unspecified atom stereocenters. The number of hydrogen-bond acceptors (Lipinski definition) is 4. The highest BCUT2D eigenvalue weighted by Crippen LogP contribution is 2.28. The molecule has 0 aromatic heterocycles. The number of ether oxygens (including phenoxy) is 2. The predicted octanol–water partition coefficient (Wildman–Crippen LogP) is 2.49. The molecule has 0 radical (unpaired) electrons. The number of morpholine rings is 1. The fraction of sp³-hybridized carbons (Fsp3) is 0.667. The molecule has 28 heavy (non-hydrogen) atoms. The minimum absolute atomic E-state index is 0.193. The van der Waals surface area contributed by atoms with Crippen molar-refractivity contribution in [2.75, 3.05) is 64.6 Å². The van der Waals surface area contributed by atoms with Crippen molar-refractivity contribution in [2.24, 2.45) is 10.9 Å². The summed E-state index contributed by atoms with van der Waals surface area (Å²) in [4.78, 5) is 8.77. The summed E-state index contributed by atoms with van der Waals surface area (Å²) in [7, 11) is 2.00. The lowest BCUT2D eigenvalue weighted by Gasteiger charge is -2.29. The highest BCUT2D eigenvalue weighted by molar-refractivity contribution is 5.79. The normalized spacial score (nSPS) is 17.7. The molecule has 2 aliphatic rings. The third-order valence-corrected chi connectivity index (χ3v) is 5.09. The second-order valence-corrected chi connectivity index (χ2v) is 7.50. The average Bonchev–Trinajstić information content (AvgIpc) is 3.53. The van der Waals surface area contributed by atoms with Gasteiger partial charge in [0.2, 0.25) is 0 Å². The van der Waals surface area contributed by atoms with Gasteiger partial charge in [0.25, 0.3) is 0 Å². The fourth-order valence-corrected chi connectivity index (χ4v) is 3.19. The van der Waals surface area contributed by atoms with Gasteiger partial charge in [0, 0.05) is 39.8 Å². The lowest BCUT2D eigenvalue weighted by Crippen LogP contribution is -2.40. The van der Waals surface area contributed by atoms with Crippen LogP contribution in [-0.4, -0.2) is 70.5 Å². The molecule has 1 saturated carbocycles. The van der Waals surface area contributed by atoms with E-state index < -0.39 is 0 Å². The van der Waals surface area contributed by atoms with Crippen molar-refractivity contribution in [1.82, 2.24) is 10.2 Å². The number of benzene rings is 1. The molecule has 1 aliphatic carbocycles. The van der Waals surface area contributed by atoms with Gasteiger partial charge in [-0.2, -0.15) is 0 Å². The first-order valence-corrected chi connectivity index (χ1v) is 10.4. The van der Waals surface area contributed by atoms with E-state index in [1.807, 2.05) is 31.0 Å². The van der Waals surface area contributed by atoms with Crippen LogP contribution in [0.3, 0.4) is 0 Å². The van der Waals surface area contributed by atoms with Crippen molar-refractivity contribution < 1.29 is 13.9 Å². The molecule has 0 atom stereocenters. The first-order valence-electron chi connectivity index (χ1n) is 10.4. The first-order chi connectivity index (χ1) is 13.7. The van der Waals surface area contributed by atoms with Gasteiger partial charge in [0.05, 0.1) is 32.1 Å². The van der Waals surface area contributed by atoms with Crippen LogP contribution < -0.4 is 10.2 Å². The van der Waals surface area contributed by atoms with Crippen molar-refractivity contribution in [3.05, 3.63) is 29.6 Å². The van der Waals surface area contributed by atoms with Gasteiger partial charge in [-0.15, -0.1) is 0 Å². The van der Waals surface area contributed by atoms with Crippen LogP contribution in [-0.2, 0) is 16.0 Å². The summed E-state index contributed by atoms with van der Waals surface area (Å²) in [6.07, 6.45) is 2.61. The number of nitrogens with zero attached hydrogens (tertiary/aromatic N) is 3. The van der Waals surface area contributed by atoms with Crippen molar-refractivity contribution in [2.45, 2.75) is 26.3 Å². The molecular weight excluding hydrogens is 359 g/mol. The van der Waals surface area contributed by atoms with E-state index in [9.17, 15) is 4.39 Å². The molecule has 0 amide bonds. The standard InChI is InChI=1S/C21H33FN4O2/c1-3-23-21(25(2)8-11-28-16-17-4-5-17)24-15-18-6-7-20(19(22)14-18)26-9-12-27-13-10-26/h6-7,14,17H,3-5,8-13,15-16H2,1-2H3,(H,23,24). The molecule has 1 saturated heterocycles. The van der Waals surface area contributed by atoms with Gasteiger partial charge in [-0.05, 0) is 43.4 Å². The molecular formula is C21H33FN4O2. The molecule has 1 aliphatic heterocycles. The van der Waals surface area contributed by atoms with E-state index in [1.54, 1.807) is 6.07 Å². The minimum atomic E-state index is -0.193. The van der Waals surface area contributed by atoms with E-state index >= 15 is 0 Å². The molecule has 3 rings (SSSR count). The van der Waals surface area contributed by atoms with E-state index in [2.05, 4.69) is 15.2 Å². The Morgan fingerprint density at radius 2 is 2.14 bits per heavy atom. The minimum Gasteiger partial charge on any atom is -0.379 e. The van der Waals surface area contributed by atoms with E-state index in [4.69, 9.17) is 9.47 Å². The van der Waals surface area contributed by atoms with Crippen LogP contribution in [0.1, 0.15) is 25.3 Å². The molecule has 156 valence electrons. The summed E-state index contributed by atoms with van der Waals surface area (Å²) >= 11 is 0. The van der Waals surface area contributed by atoms with Crippen molar-refractivity contribution in [1.29, 1.82) is 0 Å². The fourth-order valence-electron chi connectivity index (χ4n) is 3.19. The summed E-state index contributed by atoms with van der Waals surface area (Å²) in [5, 5.41) is 3.30. The van der Waals surface area contributed by atoms with Gasteiger partial charge in [-0.3, -0.25) is 0 Å². The van der Waals surface area contributed by atoms with Crippen LogP contribution in [0.25, 0.3) is 0 Å². The van der Waals surface area contributed by atoms with Crippen LogP contribution in [0, 0.1) is 11.7 Å². The molecule has 6 nitrogen and oxygen atoms in total. The Bertz CT molecular complexity index is 645. The van der Waals surface area contributed by atoms with Gasteiger partial charge in [0.1, 0.15) is 5.82 Å². The molecule has 1 heterocycles. The quantitative estimate of drug-likeness (QED) is 0.398. The lowest BCUT2D eigenvalue weighted by atomic mass is 10.1. The Labute approximate surface area is 167 Å². The van der Waals surface area contributed by atoms with Crippen LogP contribution in [0.4, 0.5) is 10.1 Å². The monoisotopic (exact) mass is 392 g/mol. The van der Waals surface area contributed by atoms with Gasteiger partial charge >= 0.3 is 0 Å². The number of likely N-dealkylation sites (N-methyl/N-ethyl adjacent to an activating group) is 1. The Kier molecular flexibility index (Phi) is 7.91. The SMILES string of the molecule is CCNC(=NCc1ccc(N2CCOCC2)c(F)c1)N(C)CCOCC1CC1. The zero-order valence-corrected chi connectivity index (χ0v) is 17.1. The summed E-state index contributed by atoms with van der Waals surface area (Å²) < 4.78 is 25.6. The zero-order chi connectivity index (χ0) is 19.8. The van der Waals surface area contributed by atoms with Gasteiger partial charge in [-0.1, -0.05) is 6.07 Å². The number of nitrogens with one attached hydrogen (secondary N) is 1. The van der Waals surface area contributed by atoms with Gasteiger partial charge in [-0.25, -0.2) is 9.38 Å². The molecule has 0 spiro atoms. The van der Waals surface area contributed by atoms with E-state index in [1.165, 1.54) is 12.8 Å². The Hall–Kier alpha value is -1.86. The zero-order valence-electron chi connectivity index (χ0n) is 17.1. The van der Waals surface area contributed by atoms with Crippen LogP contribution >= 0.6 is 0 Å². The largest absolute Gasteiger partial charge is 0.379 e. The maximum atomic E-state index is 14.6. The number of hydrogen-bond donors (Lipinski definition) is 1. The van der Waals surface area contributed by atoms with Crippen LogP contribution in [0.2, 0.25) is 0 Å². The number of guanidine groups is 1. The third kappa shape index (κ3) is 6.34. The number of aliphatic imine (C=N–C) groups is 1. The maximum Gasteiger partial charge on any atom is 0.194 e. The molecule has 0 bridgehead atoms. The topological polar surface area (TPSA) is 49.3 Å². The van der Waals surface area contributed by atoms with Gasteiger partial charge in [0.15, 0.2) is 5.96 Å². The Morgan fingerprint density at radius 3 is 2.82 bits per heavy atom. The lowest BCUT2D eigenvalue weighted by molar-refractivity contribution is 0.115. The second kappa shape index (κ2) is 10.6. The summed E-state index contributed by atoms with van der Waals surface area (Å²) in [6.45, 7) is 8.37. The smallest absolute Gasteiger partial charge is 0.194 e. The molecule has 1 aromatic rings. The van der Waals surface area contributed by atoms with Crippen molar-refractivity contribution >= 4 is 11.6 Å². The summed E-state index contributed by atoms with van der Waals surface area (Å²) in [5.41, 5.74) is 1.51. The second-order valence-electron chi connectivity index (χ2n) is 7.50. The summed E-state index contributed by atoms with van der Waals surface area (Å²) in [6, 6.07) is 5.41. The highest BCUT2D eigenvalue weighted by atomic mass is 19.1.